The van der Waals surface area contributed by atoms with Crippen molar-refractivity contribution in [1.82, 2.24) is 20.1 Å². The number of para-hydroxylation sites is 1. The quantitative estimate of drug-likeness (QED) is 0.896. The summed E-state index contributed by atoms with van der Waals surface area (Å²) in [5.74, 6) is 3.49. The summed E-state index contributed by atoms with van der Waals surface area (Å²) in [6.07, 6.45) is 5.87. The fraction of sp³-hybridized carbons (Fsp3) is 0.500. The summed E-state index contributed by atoms with van der Waals surface area (Å²) < 4.78 is 11.6. The summed E-state index contributed by atoms with van der Waals surface area (Å²) in [7, 11) is 1.79. The van der Waals surface area contributed by atoms with Crippen LogP contribution in [0.1, 0.15) is 48.4 Å². The number of fused-ring (bicyclic) bond motifs is 1. The van der Waals surface area contributed by atoms with E-state index in [9.17, 15) is 0 Å². The molecule has 136 valence electrons. The topological polar surface area (TPSA) is 63.3 Å². The molecule has 6 nitrogen and oxygen atoms in total. The van der Waals surface area contributed by atoms with Crippen molar-refractivity contribution in [2.75, 3.05) is 26.8 Å². The average molecular weight is 352 g/mol. The van der Waals surface area contributed by atoms with Crippen molar-refractivity contribution in [2.45, 2.75) is 37.3 Å². The van der Waals surface area contributed by atoms with E-state index in [2.05, 4.69) is 33.3 Å². The fourth-order valence-electron chi connectivity index (χ4n) is 3.97. The van der Waals surface area contributed by atoms with E-state index < -0.39 is 0 Å². The first-order valence-electron chi connectivity index (χ1n) is 9.40. The van der Waals surface area contributed by atoms with Gasteiger partial charge >= 0.3 is 0 Å². The first-order valence-corrected chi connectivity index (χ1v) is 9.40. The van der Waals surface area contributed by atoms with Crippen LogP contribution < -0.4 is 4.74 Å². The van der Waals surface area contributed by atoms with Crippen LogP contribution in [-0.2, 0) is 4.74 Å². The number of H-pyrrole nitrogens is 1. The van der Waals surface area contributed by atoms with Gasteiger partial charge in [0.25, 0.3) is 0 Å². The Hall–Kier alpha value is -2.18. The lowest BCUT2D eigenvalue weighted by molar-refractivity contribution is 0.109. The van der Waals surface area contributed by atoms with Gasteiger partial charge in [-0.15, -0.1) is 0 Å². The second kappa shape index (κ2) is 6.52. The van der Waals surface area contributed by atoms with Gasteiger partial charge in [-0.2, -0.15) is 5.10 Å². The fourth-order valence-corrected chi connectivity index (χ4v) is 3.97. The summed E-state index contributed by atoms with van der Waals surface area (Å²) in [6.45, 7) is 2.40. The molecule has 1 aliphatic carbocycles. The molecule has 1 saturated heterocycles. The molecule has 0 amide bonds. The molecule has 2 aromatic rings. The Kier molecular flexibility index (Phi) is 4.02. The van der Waals surface area contributed by atoms with E-state index in [0.717, 1.165) is 42.5 Å². The number of hydrogen-bond donors (Lipinski definition) is 1. The molecule has 0 unspecified atom stereocenters. The number of likely N-dealkylation sites (tertiary alicyclic amines) is 1. The molecule has 26 heavy (non-hydrogen) atoms. The lowest BCUT2D eigenvalue weighted by Gasteiger charge is -2.26. The van der Waals surface area contributed by atoms with Gasteiger partial charge in [-0.05, 0) is 37.0 Å². The van der Waals surface area contributed by atoms with Gasteiger partial charge in [0.2, 0.25) is 0 Å². The van der Waals surface area contributed by atoms with E-state index in [1.165, 1.54) is 18.4 Å². The van der Waals surface area contributed by atoms with Crippen LogP contribution in [0, 0.1) is 0 Å². The molecule has 5 rings (SSSR count). The van der Waals surface area contributed by atoms with E-state index >= 15 is 0 Å². The Morgan fingerprint density at radius 2 is 2.19 bits per heavy atom. The minimum absolute atomic E-state index is 0.220. The molecule has 2 aliphatic heterocycles. The van der Waals surface area contributed by atoms with E-state index in [1.807, 2.05) is 12.1 Å². The summed E-state index contributed by atoms with van der Waals surface area (Å²) in [6, 6.07) is 8.41. The van der Waals surface area contributed by atoms with E-state index in [1.54, 1.807) is 7.11 Å². The number of rotatable bonds is 5. The lowest BCUT2D eigenvalue weighted by atomic mass is 10.1. The average Bonchev–Trinajstić information content (AvgIpc) is 3.26. The third-order valence-electron chi connectivity index (χ3n) is 5.57. The Bertz CT molecular complexity index is 827. The van der Waals surface area contributed by atoms with E-state index in [4.69, 9.17) is 14.5 Å². The van der Waals surface area contributed by atoms with Gasteiger partial charge in [0.05, 0.1) is 12.1 Å². The molecular weight excluding hydrogens is 328 g/mol. The van der Waals surface area contributed by atoms with Crippen LogP contribution in [0.2, 0.25) is 0 Å². The van der Waals surface area contributed by atoms with Gasteiger partial charge in [0.15, 0.2) is 5.82 Å². The molecule has 0 bridgehead atoms. The molecular formula is C20H24N4O2. The van der Waals surface area contributed by atoms with Crippen LogP contribution in [0.4, 0.5) is 0 Å². The first kappa shape index (κ1) is 16.0. The molecule has 2 fully saturated rings. The van der Waals surface area contributed by atoms with Gasteiger partial charge in [0.1, 0.15) is 18.2 Å². The summed E-state index contributed by atoms with van der Waals surface area (Å²) in [5.41, 5.74) is 2.44. The molecule has 3 aliphatic rings. The maximum Gasteiger partial charge on any atom is 0.153 e. The van der Waals surface area contributed by atoms with Crippen LogP contribution in [0.5, 0.6) is 5.75 Å². The monoisotopic (exact) mass is 352 g/mol. The Labute approximate surface area is 153 Å². The largest absolute Gasteiger partial charge is 0.489 e. The highest BCUT2D eigenvalue weighted by Crippen LogP contribution is 2.39. The van der Waals surface area contributed by atoms with Crippen molar-refractivity contribution in [3.8, 4) is 5.75 Å². The lowest BCUT2D eigenvalue weighted by Crippen LogP contribution is -2.30. The third-order valence-corrected chi connectivity index (χ3v) is 5.57. The van der Waals surface area contributed by atoms with Crippen LogP contribution in [0.3, 0.4) is 0 Å². The van der Waals surface area contributed by atoms with Crippen molar-refractivity contribution in [2.24, 2.45) is 0 Å². The predicted molar refractivity (Wildman–Crippen MR) is 98.0 cm³/mol. The zero-order valence-electron chi connectivity index (χ0n) is 15.0. The first-order chi connectivity index (χ1) is 12.8. The van der Waals surface area contributed by atoms with Gasteiger partial charge in [-0.25, -0.2) is 4.98 Å². The highest BCUT2D eigenvalue weighted by molar-refractivity contribution is 5.62. The van der Waals surface area contributed by atoms with Gasteiger partial charge in [0, 0.05) is 31.7 Å². The minimum atomic E-state index is 0.220. The number of aromatic amines is 1. The van der Waals surface area contributed by atoms with Crippen LogP contribution >= 0.6 is 0 Å². The molecule has 3 heterocycles. The van der Waals surface area contributed by atoms with Crippen LogP contribution in [0.25, 0.3) is 6.08 Å². The summed E-state index contributed by atoms with van der Waals surface area (Å²) >= 11 is 0. The maximum atomic E-state index is 5.92. The highest BCUT2D eigenvalue weighted by atomic mass is 16.5. The summed E-state index contributed by atoms with van der Waals surface area (Å²) in [4.78, 5) is 7.23. The number of nitrogens with zero attached hydrogens (tertiary/aromatic N) is 3. The number of hydrogen-bond acceptors (Lipinski definition) is 5. The van der Waals surface area contributed by atoms with E-state index in [0.29, 0.717) is 12.5 Å². The number of benzene rings is 1. The highest BCUT2D eigenvalue weighted by Gasteiger charge is 2.37. The zero-order chi connectivity index (χ0) is 17.5. The predicted octanol–water partition coefficient (Wildman–Crippen LogP) is 2.92. The van der Waals surface area contributed by atoms with Gasteiger partial charge < -0.3 is 9.47 Å². The number of aromatic nitrogens is 3. The van der Waals surface area contributed by atoms with Crippen LogP contribution in [-0.4, -0.2) is 53.0 Å². The van der Waals surface area contributed by atoms with Crippen molar-refractivity contribution in [1.29, 1.82) is 0 Å². The molecule has 6 heteroatoms. The second-order valence-electron chi connectivity index (χ2n) is 7.52. The molecule has 1 saturated carbocycles. The Balaban J connectivity index is 1.36. The molecule has 2 atom stereocenters. The van der Waals surface area contributed by atoms with Crippen molar-refractivity contribution < 1.29 is 9.47 Å². The Morgan fingerprint density at radius 1 is 1.31 bits per heavy atom. The minimum Gasteiger partial charge on any atom is -0.489 e. The van der Waals surface area contributed by atoms with Gasteiger partial charge in [-0.1, -0.05) is 18.2 Å². The Morgan fingerprint density at radius 3 is 3.04 bits per heavy atom. The molecule has 0 spiro atoms. The summed E-state index contributed by atoms with van der Waals surface area (Å²) in [5, 5.41) is 7.63. The number of methoxy groups -OCH3 is 1. The van der Waals surface area contributed by atoms with Crippen molar-refractivity contribution >= 4 is 6.08 Å². The van der Waals surface area contributed by atoms with Crippen molar-refractivity contribution in [3.05, 3.63) is 47.1 Å². The number of nitrogens with one attached hydrogen (secondary N) is 1. The molecule has 1 aromatic heterocycles. The van der Waals surface area contributed by atoms with Crippen molar-refractivity contribution in [3.63, 3.8) is 0 Å². The second-order valence-corrected chi connectivity index (χ2v) is 7.52. The molecule has 0 radical (unpaired) electrons. The maximum absolute atomic E-state index is 5.92. The SMILES string of the molecule is CO[C@@H]1C[C@@H](c2nc(C3CC3)n[nH]2)N(CC2=Cc3ccccc3OC2)C1. The van der Waals surface area contributed by atoms with Gasteiger partial charge in [-0.3, -0.25) is 10.00 Å². The zero-order valence-corrected chi connectivity index (χ0v) is 15.0. The normalized spacial score (nSPS) is 25.7. The molecule has 1 N–H and O–H groups in total. The third kappa shape index (κ3) is 3.04. The smallest absolute Gasteiger partial charge is 0.153 e. The van der Waals surface area contributed by atoms with Crippen LogP contribution in [0.15, 0.2) is 29.8 Å². The number of ether oxygens (including phenoxy) is 2. The van der Waals surface area contributed by atoms with E-state index in [-0.39, 0.29) is 12.1 Å². The molecule has 1 aromatic carbocycles. The standard InChI is InChI=1S/C20H24N4O2/c1-25-16-9-17(20-21-19(22-23-20)14-6-7-14)24(11-16)10-13-8-15-4-2-3-5-18(15)26-12-13/h2-5,8,14,16-17H,6-7,9-12H2,1H3,(H,21,22,23)/t16-,17+/m1/s1.